The summed E-state index contributed by atoms with van der Waals surface area (Å²) in [4.78, 5) is 11.8. The normalized spacial score (nSPS) is 10.8. The molecule has 0 N–H and O–H groups in total. The largest absolute Gasteiger partial charge is 0.462 e. The number of hydrogen-bond acceptors (Lipinski definition) is 3. The number of hydrogen-bond donors (Lipinski definition) is 0. The number of aromatic nitrogens is 2. The summed E-state index contributed by atoms with van der Waals surface area (Å²) in [5.41, 5.74) is 3.58. The molecule has 2 aromatic carbocycles. The molecule has 3 aromatic rings. The Hall–Kier alpha value is -2.62. The zero-order valence-electron chi connectivity index (χ0n) is 12.0. The van der Waals surface area contributed by atoms with Gasteiger partial charge in [-0.3, -0.25) is 0 Å². The molecular formula is C17H16N2O2. The standard InChI is InChI=1S/C17H16N2O2/c1-3-21-17(20)13-7-8-16-14(10-13)11-19(18-16)15-6-4-5-12(2)9-15/h4-11H,3H2,1-2H3. The highest BCUT2D eigenvalue weighted by Gasteiger charge is 2.09. The lowest BCUT2D eigenvalue weighted by molar-refractivity contribution is 0.0526. The van der Waals surface area contributed by atoms with Gasteiger partial charge in [-0.05, 0) is 49.7 Å². The van der Waals surface area contributed by atoms with E-state index >= 15 is 0 Å². The number of carbonyl (C=O) groups excluding carboxylic acids is 1. The molecule has 0 fully saturated rings. The van der Waals surface area contributed by atoms with Gasteiger partial charge in [-0.2, -0.15) is 5.10 Å². The van der Waals surface area contributed by atoms with Gasteiger partial charge in [-0.25, -0.2) is 9.48 Å². The molecule has 0 amide bonds. The first-order valence-corrected chi connectivity index (χ1v) is 6.91. The van der Waals surface area contributed by atoms with Crippen molar-refractivity contribution in [2.24, 2.45) is 0 Å². The molecular weight excluding hydrogens is 264 g/mol. The minimum atomic E-state index is -0.303. The number of ether oxygens (including phenoxy) is 1. The van der Waals surface area contributed by atoms with Crippen molar-refractivity contribution in [3.8, 4) is 5.69 Å². The molecule has 3 rings (SSSR count). The summed E-state index contributed by atoms with van der Waals surface area (Å²) in [6.45, 7) is 4.22. The quantitative estimate of drug-likeness (QED) is 0.690. The molecule has 21 heavy (non-hydrogen) atoms. The molecule has 4 nitrogen and oxygen atoms in total. The van der Waals surface area contributed by atoms with E-state index in [1.54, 1.807) is 13.0 Å². The number of fused-ring (bicyclic) bond motifs is 1. The average Bonchev–Trinajstić information content (AvgIpc) is 2.90. The summed E-state index contributed by atoms with van der Waals surface area (Å²) in [5.74, 6) is -0.303. The van der Waals surface area contributed by atoms with E-state index in [1.807, 2.05) is 48.1 Å². The molecule has 0 atom stereocenters. The molecule has 0 spiro atoms. The maximum Gasteiger partial charge on any atom is 0.338 e. The van der Waals surface area contributed by atoms with Gasteiger partial charge in [0, 0.05) is 11.6 Å². The van der Waals surface area contributed by atoms with Gasteiger partial charge in [-0.1, -0.05) is 12.1 Å². The second-order valence-electron chi connectivity index (χ2n) is 4.91. The van der Waals surface area contributed by atoms with Crippen LogP contribution in [0.4, 0.5) is 0 Å². The maximum absolute atomic E-state index is 11.8. The van der Waals surface area contributed by atoms with E-state index in [0.717, 1.165) is 16.6 Å². The first kappa shape index (κ1) is 13.4. The van der Waals surface area contributed by atoms with Crippen LogP contribution in [0.2, 0.25) is 0 Å². The van der Waals surface area contributed by atoms with Crippen LogP contribution in [0.3, 0.4) is 0 Å². The lowest BCUT2D eigenvalue weighted by atomic mass is 10.1. The first-order valence-electron chi connectivity index (χ1n) is 6.91. The zero-order valence-corrected chi connectivity index (χ0v) is 12.0. The molecule has 106 valence electrons. The van der Waals surface area contributed by atoms with Crippen molar-refractivity contribution in [3.63, 3.8) is 0 Å². The summed E-state index contributed by atoms with van der Waals surface area (Å²) in [6, 6.07) is 13.5. The second-order valence-corrected chi connectivity index (χ2v) is 4.91. The first-order chi connectivity index (χ1) is 10.2. The van der Waals surface area contributed by atoms with E-state index in [1.165, 1.54) is 5.56 Å². The number of carbonyl (C=O) groups is 1. The van der Waals surface area contributed by atoms with Crippen LogP contribution in [0.25, 0.3) is 16.6 Å². The maximum atomic E-state index is 11.8. The zero-order chi connectivity index (χ0) is 14.8. The van der Waals surface area contributed by atoms with E-state index < -0.39 is 0 Å². The van der Waals surface area contributed by atoms with Crippen molar-refractivity contribution in [1.29, 1.82) is 0 Å². The molecule has 0 aliphatic heterocycles. The number of aryl methyl sites for hydroxylation is 1. The Morgan fingerprint density at radius 3 is 2.86 bits per heavy atom. The van der Waals surface area contributed by atoms with Crippen molar-refractivity contribution in [2.75, 3.05) is 6.61 Å². The number of nitrogens with zero attached hydrogens (tertiary/aromatic N) is 2. The van der Waals surface area contributed by atoms with Gasteiger partial charge in [0.25, 0.3) is 0 Å². The lowest BCUT2D eigenvalue weighted by Crippen LogP contribution is -2.03. The van der Waals surface area contributed by atoms with E-state index in [-0.39, 0.29) is 5.97 Å². The Bertz CT molecular complexity index is 805. The van der Waals surface area contributed by atoms with Crippen LogP contribution >= 0.6 is 0 Å². The fraction of sp³-hybridized carbons (Fsp3) is 0.176. The summed E-state index contributed by atoms with van der Waals surface area (Å²) in [6.07, 6.45) is 1.92. The third kappa shape index (κ3) is 2.65. The fourth-order valence-electron chi connectivity index (χ4n) is 2.27. The minimum absolute atomic E-state index is 0.303. The van der Waals surface area contributed by atoms with E-state index in [4.69, 9.17) is 4.74 Å². The van der Waals surface area contributed by atoms with Gasteiger partial charge in [0.15, 0.2) is 0 Å². The second kappa shape index (κ2) is 5.40. The van der Waals surface area contributed by atoms with Gasteiger partial charge < -0.3 is 4.74 Å². The van der Waals surface area contributed by atoms with Crippen LogP contribution in [0.15, 0.2) is 48.7 Å². The number of benzene rings is 2. The molecule has 0 bridgehead atoms. The Kier molecular flexibility index (Phi) is 3.44. The Labute approximate surface area is 123 Å². The van der Waals surface area contributed by atoms with Crippen molar-refractivity contribution >= 4 is 16.9 Å². The minimum Gasteiger partial charge on any atom is -0.462 e. The monoisotopic (exact) mass is 280 g/mol. The van der Waals surface area contributed by atoms with Gasteiger partial charge in [-0.15, -0.1) is 0 Å². The molecule has 0 aliphatic carbocycles. The molecule has 0 saturated heterocycles. The van der Waals surface area contributed by atoms with Crippen molar-refractivity contribution in [2.45, 2.75) is 13.8 Å². The summed E-state index contributed by atoms with van der Waals surface area (Å²) < 4.78 is 6.84. The highest BCUT2D eigenvalue weighted by atomic mass is 16.5. The van der Waals surface area contributed by atoms with Crippen LogP contribution in [0.5, 0.6) is 0 Å². The molecule has 4 heteroatoms. The predicted molar refractivity (Wildman–Crippen MR) is 81.8 cm³/mol. The number of rotatable bonds is 3. The van der Waals surface area contributed by atoms with Gasteiger partial charge in [0.2, 0.25) is 0 Å². The molecule has 1 heterocycles. The summed E-state index contributed by atoms with van der Waals surface area (Å²) >= 11 is 0. The van der Waals surface area contributed by atoms with Crippen LogP contribution in [-0.4, -0.2) is 22.4 Å². The third-order valence-electron chi connectivity index (χ3n) is 3.28. The Morgan fingerprint density at radius 1 is 1.24 bits per heavy atom. The highest BCUT2D eigenvalue weighted by Crippen LogP contribution is 2.18. The topological polar surface area (TPSA) is 44.1 Å². The van der Waals surface area contributed by atoms with Crippen molar-refractivity contribution in [3.05, 3.63) is 59.8 Å². The predicted octanol–water partition coefficient (Wildman–Crippen LogP) is 3.51. The number of esters is 1. The van der Waals surface area contributed by atoms with E-state index in [0.29, 0.717) is 12.2 Å². The van der Waals surface area contributed by atoms with E-state index in [9.17, 15) is 4.79 Å². The van der Waals surface area contributed by atoms with Gasteiger partial charge >= 0.3 is 5.97 Å². The highest BCUT2D eigenvalue weighted by molar-refractivity contribution is 5.94. The molecule has 0 aliphatic rings. The Balaban J connectivity index is 2.02. The van der Waals surface area contributed by atoms with Gasteiger partial charge in [0.05, 0.1) is 23.4 Å². The summed E-state index contributed by atoms with van der Waals surface area (Å²) in [5, 5.41) is 5.45. The molecule has 0 radical (unpaired) electrons. The molecule has 1 aromatic heterocycles. The van der Waals surface area contributed by atoms with Crippen molar-refractivity contribution in [1.82, 2.24) is 9.78 Å². The van der Waals surface area contributed by atoms with Gasteiger partial charge in [0.1, 0.15) is 0 Å². The SMILES string of the molecule is CCOC(=O)c1ccc2nn(-c3cccc(C)c3)cc2c1. The molecule has 0 saturated carbocycles. The van der Waals surface area contributed by atoms with Crippen LogP contribution < -0.4 is 0 Å². The molecule has 0 unspecified atom stereocenters. The lowest BCUT2D eigenvalue weighted by Gasteiger charge is -2.01. The van der Waals surface area contributed by atoms with Crippen molar-refractivity contribution < 1.29 is 9.53 Å². The van der Waals surface area contributed by atoms with E-state index in [2.05, 4.69) is 11.2 Å². The van der Waals surface area contributed by atoms with Crippen LogP contribution in [0, 0.1) is 6.92 Å². The van der Waals surface area contributed by atoms with Crippen LogP contribution in [0.1, 0.15) is 22.8 Å². The fourth-order valence-corrected chi connectivity index (χ4v) is 2.27. The third-order valence-corrected chi connectivity index (χ3v) is 3.28. The van der Waals surface area contributed by atoms with Crippen LogP contribution in [-0.2, 0) is 4.74 Å². The summed E-state index contributed by atoms with van der Waals surface area (Å²) in [7, 11) is 0. The average molecular weight is 280 g/mol. The smallest absolute Gasteiger partial charge is 0.338 e. The Morgan fingerprint density at radius 2 is 2.10 bits per heavy atom.